The molecule has 0 saturated carbocycles. The summed E-state index contributed by atoms with van der Waals surface area (Å²) in [7, 11) is 0. The minimum atomic E-state index is -0.339. The molecule has 1 saturated heterocycles. The Hall–Kier alpha value is -3.46. The Morgan fingerprint density at radius 1 is 1.18 bits per heavy atom. The molecule has 1 amide bonds. The van der Waals surface area contributed by atoms with E-state index in [1.54, 1.807) is 48.8 Å². The van der Waals surface area contributed by atoms with E-state index in [0.29, 0.717) is 23.7 Å². The zero-order valence-corrected chi connectivity index (χ0v) is 15.0. The molecule has 0 spiro atoms. The summed E-state index contributed by atoms with van der Waals surface area (Å²) in [5.41, 5.74) is 6.35. The second kappa shape index (κ2) is 8.49. The third-order valence-corrected chi connectivity index (χ3v) is 4.22. The lowest BCUT2D eigenvalue weighted by atomic mass is 10.2. The van der Waals surface area contributed by atoms with Crippen LogP contribution in [0.3, 0.4) is 0 Å². The highest BCUT2D eigenvalue weighted by molar-refractivity contribution is 5.94. The first-order valence-electron chi connectivity index (χ1n) is 8.93. The van der Waals surface area contributed by atoms with Gasteiger partial charge in [-0.25, -0.2) is 5.43 Å². The molecule has 28 heavy (non-hydrogen) atoms. The Kier molecular flexibility index (Phi) is 5.43. The van der Waals surface area contributed by atoms with E-state index < -0.39 is 0 Å². The summed E-state index contributed by atoms with van der Waals surface area (Å²) >= 11 is 0. The average molecular weight is 381 g/mol. The van der Waals surface area contributed by atoms with E-state index in [9.17, 15) is 4.79 Å². The van der Waals surface area contributed by atoms with Gasteiger partial charge in [0.25, 0.3) is 5.91 Å². The van der Waals surface area contributed by atoms with Gasteiger partial charge in [0.1, 0.15) is 12.4 Å². The minimum absolute atomic E-state index is 0.0803. The number of carbonyl (C=O) groups excluding carboxylic acids is 1. The highest BCUT2D eigenvalue weighted by Gasteiger charge is 2.16. The summed E-state index contributed by atoms with van der Waals surface area (Å²) in [5.74, 6) is 0.750. The monoisotopic (exact) mass is 381 g/mol. The highest BCUT2D eigenvalue weighted by atomic mass is 16.5. The maximum atomic E-state index is 12.2. The third kappa shape index (κ3) is 4.44. The zero-order valence-electron chi connectivity index (χ0n) is 15.0. The van der Waals surface area contributed by atoms with Crippen LogP contribution in [0.1, 0.15) is 23.2 Å². The number of benzene rings is 1. The number of hydrazine groups is 1. The van der Waals surface area contributed by atoms with Crippen LogP contribution in [-0.2, 0) is 4.74 Å². The molecule has 2 aromatic heterocycles. The van der Waals surface area contributed by atoms with Crippen LogP contribution in [0.15, 0.2) is 53.3 Å². The Bertz CT molecular complexity index is 908. The van der Waals surface area contributed by atoms with Gasteiger partial charge < -0.3 is 14.0 Å². The standard InChI is InChI=1S/C19H19N5O4/c25-18(14-3-5-15(6-4-14)27-12-16-2-1-11-26-16)22-23-19-21-17(24-28-19)13-7-9-20-10-8-13/h3-10,16H,1-2,11-12H2,(H,22,25)(H,21,23,24). The number of anilines is 1. The number of nitrogens with zero attached hydrogens (tertiary/aromatic N) is 3. The van der Waals surface area contributed by atoms with E-state index in [0.717, 1.165) is 25.0 Å². The summed E-state index contributed by atoms with van der Waals surface area (Å²) in [4.78, 5) is 20.3. The van der Waals surface area contributed by atoms with Crippen LogP contribution in [0.25, 0.3) is 11.4 Å². The molecular weight excluding hydrogens is 362 g/mol. The van der Waals surface area contributed by atoms with E-state index in [-0.39, 0.29) is 18.0 Å². The smallest absolute Gasteiger partial charge is 0.340 e. The Morgan fingerprint density at radius 3 is 2.75 bits per heavy atom. The van der Waals surface area contributed by atoms with Crippen molar-refractivity contribution in [3.05, 3.63) is 54.4 Å². The van der Waals surface area contributed by atoms with Crippen molar-refractivity contribution in [2.75, 3.05) is 18.6 Å². The van der Waals surface area contributed by atoms with Crippen molar-refractivity contribution in [3.63, 3.8) is 0 Å². The van der Waals surface area contributed by atoms with Gasteiger partial charge in [0.05, 0.1) is 6.10 Å². The molecule has 9 heteroatoms. The lowest BCUT2D eigenvalue weighted by molar-refractivity contribution is 0.0679. The number of hydrogen-bond acceptors (Lipinski definition) is 8. The topological polar surface area (TPSA) is 111 Å². The predicted molar refractivity (Wildman–Crippen MR) is 99.5 cm³/mol. The lowest BCUT2D eigenvalue weighted by Gasteiger charge is -2.11. The van der Waals surface area contributed by atoms with Crippen LogP contribution >= 0.6 is 0 Å². The molecule has 0 radical (unpaired) electrons. The molecular formula is C19H19N5O4. The summed E-state index contributed by atoms with van der Waals surface area (Å²) in [6, 6.07) is 10.5. The maximum absolute atomic E-state index is 12.2. The molecule has 3 heterocycles. The lowest BCUT2D eigenvalue weighted by Crippen LogP contribution is -2.29. The van der Waals surface area contributed by atoms with Crippen molar-refractivity contribution in [2.45, 2.75) is 18.9 Å². The first kappa shape index (κ1) is 17.9. The number of nitrogens with one attached hydrogen (secondary N) is 2. The molecule has 4 rings (SSSR count). The molecule has 1 fully saturated rings. The molecule has 1 atom stereocenters. The van der Waals surface area contributed by atoms with Gasteiger partial charge in [0.15, 0.2) is 0 Å². The average Bonchev–Trinajstić information content (AvgIpc) is 3.44. The normalized spacial score (nSPS) is 15.9. The number of pyridine rings is 1. The van der Waals surface area contributed by atoms with Gasteiger partial charge in [-0.05, 0) is 49.2 Å². The number of carbonyl (C=O) groups is 1. The number of amides is 1. The van der Waals surface area contributed by atoms with E-state index in [2.05, 4.69) is 26.0 Å². The Labute approximate surface area is 161 Å². The number of ether oxygens (including phenoxy) is 2. The van der Waals surface area contributed by atoms with Crippen molar-refractivity contribution in [2.24, 2.45) is 0 Å². The number of aromatic nitrogens is 3. The van der Waals surface area contributed by atoms with Gasteiger partial charge in [0, 0.05) is 30.1 Å². The zero-order chi connectivity index (χ0) is 19.2. The molecule has 1 aliphatic rings. The third-order valence-electron chi connectivity index (χ3n) is 4.22. The molecule has 1 unspecified atom stereocenters. The van der Waals surface area contributed by atoms with Crippen LogP contribution in [0.2, 0.25) is 0 Å². The highest BCUT2D eigenvalue weighted by Crippen LogP contribution is 2.17. The van der Waals surface area contributed by atoms with E-state index in [1.807, 2.05) is 0 Å². The van der Waals surface area contributed by atoms with Gasteiger partial charge >= 0.3 is 6.01 Å². The summed E-state index contributed by atoms with van der Waals surface area (Å²) in [6.45, 7) is 1.31. The predicted octanol–water partition coefficient (Wildman–Crippen LogP) is 2.45. The SMILES string of the molecule is O=C(NNc1nc(-c2ccncc2)no1)c1ccc(OCC2CCCO2)cc1. The van der Waals surface area contributed by atoms with Crippen LogP contribution in [0, 0.1) is 0 Å². The quantitative estimate of drug-likeness (QED) is 0.600. The minimum Gasteiger partial charge on any atom is -0.491 e. The van der Waals surface area contributed by atoms with Gasteiger partial charge in [0.2, 0.25) is 5.82 Å². The van der Waals surface area contributed by atoms with Crippen LogP contribution in [0.5, 0.6) is 5.75 Å². The van der Waals surface area contributed by atoms with E-state index in [4.69, 9.17) is 14.0 Å². The van der Waals surface area contributed by atoms with Gasteiger partial charge in [-0.3, -0.25) is 15.2 Å². The van der Waals surface area contributed by atoms with Crippen LogP contribution < -0.4 is 15.6 Å². The van der Waals surface area contributed by atoms with Crippen LogP contribution in [0.4, 0.5) is 6.01 Å². The van der Waals surface area contributed by atoms with E-state index >= 15 is 0 Å². The molecule has 9 nitrogen and oxygen atoms in total. The molecule has 0 aliphatic carbocycles. The summed E-state index contributed by atoms with van der Waals surface area (Å²) in [5, 5.41) is 3.85. The fourth-order valence-electron chi connectivity index (χ4n) is 2.74. The summed E-state index contributed by atoms with van der Waals surface area (Å²) < 4.78 is 16.3. The summed E-state index contributed by atoms with van der Waals surface area (Å²) in [6.07, 6.45) is 5.51. The van der Waals surface area contributed by atoms with Crippen LogP contribution in [-0.4, -0.2) is 40.3 Å². The Morgan fingerprint density at radius 2 is 2.00 bits per heavy atom. The largest absolute Gasteiger partial charge is 0.491 e. The molecule has 1 aliphatic heterocycles. The van der Waals surface area contributed by atoms with Gasteiger partial charge in [-0.2, -0.15) is 4.98 Å². The van der Waals surface area contributed by atoms with Crippen molar-refractivity contribution >= 4 is 11.9 Å². The molecule has 2 N–H and O–H groups in total. The van der Waals surface area contributed by atoms with E-state index in [1.165, 1.54) is 0 Å². The van der Waals surface area contributed by atoms with Gasteiger partial charge in [-0.15, -0.1) is 0 Å². The number of rotatable bonds is 7. The Balaban J connectivity index is 1.28. The molecule has 144 valence electrons. The van der Waals surface area contributed by atoms with Crippen molar-refractivity contribution in [3.8, 4) is 17.1 Å². The molecule has 0 bridgehead atoms. The molecule has 3 aromatic rings. The van der Waals surface area contributed by atoms with Crippen molar-refractivity contribution in [1.82, 2.24) is 20.6 Å². The first-order chi connectivity index (χ1) is 13.8. The van der Waals surface area contributed by atoms with Crippen molar-refractivity contribution in [1.29, 1.82) is 0 Å². The second-order valence-electron chi connectivity index (χ2n) is 6.21. The fourth-order valence-corrected chi connectivity index (χ4v) is 2.74. The first-order valence-corrected chi connectivity index (χ1v) is 8.93. The second-order valence-corrected chi connectivity index (χ2v) is 6.21. The fraction of sp³-hybridized carbons (Fsp3) is 0.263. The maximum Gasteiger partial charge on any atom is 0.340 e. The van der Waals surface area contributed by atoms with Crippen molar-refractivity contribution < 1.29 is 18.8 Å². The number of hydrogen-bond donors (Lipinski definition) is 2. The van der Waals surface area contributed by atoms with Gasteiger partial charge in [-0.1, -0.05) is 5.16 Å². The molecule has 1 aromatic carbocycles.